The highest BCUT2D eigenvalue weighted by Gasteiger charge is 2.35. The third kappa shape index (κ3) is 8.74. The average Bonchev–Trinajstić information content (AvgIpc) is 2.99. The van der Waals surface area contributed by atoms with Gasteiger partial charge in [-0.25, -0.2) is 8.42 Å². The summed E-state index contributed by atoms with van der Waals surface area (Å²) in [5, 5.41) is 3.51. The molecule has 3 aromatic rings. The smallest absolute Gasteiger partial charge is 0.244 e. The molecule has 0 radical (unpaired) electrons. The number of carbonyl (C=O) groups excluding carboxylic acids is 2. The lowest BCUT2D eigenvalue weighted by Crippen LogP contribution is -2.55. The summed E-state index contributed by atoms with van der Waals surface area (Å²) in [6.07, 6.45) is 6.33. The molecule has 3 aromatic carbocycles. The number of halogens is 1. The van der Waals surface area contributed by atoms with Gasteiger partial charge in [0.1, 0.15) is 18.3 Å². The number of methoxy groups -OCH3 is 1. The van der Waals surface area contributed by atoms with Crippen LogP contribution in [0, 0.1) is 6.92 Å². The van der Waals surface area contributed by atoms with Crippen LogP contribution in [-0.2, 0) is 32.6 Å². The highest BCUT2D eigenvalue weighted by molar-refractivity contribution is 7.92. The molecule has 8 nitrogen and oxygen atoms in total. The second-order valence-corrected chi connectivity index (χ2v) is 13.4. The fourth-order valence-corrected chi connectivity index (χ4v) is 6.53. The Bertz CT molecular complexity index is 1510. The van der Waals surface area contributed by atoms with E-state index in [4.69, 9.17) is 16.3 Å². The highest BCUT2D eigenvalue weighted by atomic mass is 35.5. The van der Waals surface area contributed by atoms with E-state index in [0.717, 1.165) is 59.4 Å². The van der Waals surface area contributed by atoms with Gasteiger partial charge < -0.3 is 15.0 Å². The summed E-state index contributed by atoms with van der Waals surface area (Å²) in [6.45, 7) is 1.54. The van der Waals surface area contributed by atoms with Crippen molar-refractivity contribution in [2.75, 3.05) is 24.2 Å². The minimum Gasteiger partial charge on any atom is -0.495 e. The summed E-state index contributed by atoms with van der Waals surface area (Å²) in [6, 6.07) is 21.0. The van der Waals surface area contributed by atoms with Gasteiger partial charge in [0.2, 0.25) is 21.8 Å². The van der Waals surface area contributed by atoms with Gasteiger partial charge in [-0.15, -0.1) is 0 Å². The van der Waals surface area contributed by atoms with Crippen molar-refractivity contribution in [3.05, 3.63) is 94.5 Å². The number of hydrogen-bond acceptors (Lipinski definition) is 5. The Kier molecular flexibility index (Phi) is 11.1. The molecule has 43 heavy (non-hydrogen) atoms. The van der Waals surface area contributed by atoms with E-state index >= 15 is 0 Å². The average molecular weight is 626 g/mol. The van der Waals surface area contributed by atoms with E-state index < -0.39 is 28.5 Å². The second kappa shape index (κ2) is 14.8. The lowest BCUT2D eigenvalue weighted by Gasteiger charge is -2.35. The van der Waals surface area contributed by atoms with Crippen molar-refractivity contribution in [2.24, 2.45) is 0 Å². The van der Waals surface area contributed by atoms with Crippen LogP contribution in [0.5, 0.6) is 5.75 Å². The molecule has 1 N–H and O–H groups in total. The molecule has 0 saturated heterocycles. The first-order valence-corrected chi connectivity index (χ1v) is 16.8. The summed E-state index contributed by atoms with van der Waals surface area (Å²) in [5.74, 6) is -0.511. The van der Waals surface area contributed by atoms with Crippen LogP contribution in [0.4, 0.5) is 5.69 Å². The number of carbonyl (C=O) groups is 2. The quantitative estimate of drug-likeness (QED) is 0.286. The third-order valence-corrected chi connectivity index (χ3v) is 9.27. The van der Waals surface area contributed by atoms with E-state index in [-0.39, 0.29) is 36.4 Å². The monoisotopic (exact) mass is 625 g/mol. The Morgan fingerprint density at radius 1 is 1.00 bits per heavy atom. The van der Waals surface area contributed by atoms with Crippen molar-refractivity contribution in [3.63, 3.8) is 0 Å². The number of nitrogens with one attached hydrogen (secondary N) is 1. The topological polar surface area (TPSA) is 96.0 Å². The zero-order chi connectivity index (χ0) is 31.0. The zero-order valence-electron chi connectivity index (χ0n) is 25.0. The Labute approximate surface area is 260 Å². The van der Waals surface area contributed by atoms with E-state index in [1.165, 1.54) is 18.1 Å². The molecular formula is C33H40ClN3O5S. The predicted octanol–water partition coefficient (Wildman–Crippen LogP) is 5.51. The summed E-state index contributed by atoms with van der Waals surface area (Å²) >= 11 is 6.24. The van der Waals surface area contributed by atoms with E-state index in [1.54, 1.807) is 12.1 Å². The molecule has 1 aliphatic rings. The molecule has 1 atom stereocenters. The first kappa shape index (κ1) is 32.4. The van der Waals surface area contributed by atoms with Gasteiger partial charge in [-0.2, -0.15) is 0 Å². The van der Waals surface area contributed by atoms with Crippen LogP contribution in [-0.4, -0.2) is 57.1 Å². The largest absolute Gasteiger partial charge is 0.495 e. The summed E-state index contributed by atoms with van der Waals surface area (Å²) in [5.41, 5.74) is 2.87. The van der Waals surface area contributed by atoms with Crippen molar-refractivity contribution in [1.82, 2.24) is 10.2 Å². The molecule has 0 heterocycles. The van der Waals surface area contributed by atoms with Crippen molar-refractivity contribution in [1.29, 1.82) is 0 Å². The van der Waals surface area contributed by atoms with Crippen LogP contribution in [0.1, 0.15) is 48.8 Å². The number of amides is 2. The molecule has 4 rings (SSSR count). The van der Waals surface area contributed by atoms with Crippen LogP contribution < -0.4 is 14.4 Å². The van der Waals surface area contributed by atoms with Crippen LogP contribution in [0.15, 0.2) is 72.8 Å². The lowest BCUT2D eigenvalue weighted by atomic mass is 9.94. The molecule has 0 aliphatic heterocycles. The standard InChI is InChI=1S/C33H40ClN3O5S/c1-24-12-10-11-15-26(24)22-36(32(38)23-37(43(3,40)41)29-21-27(34)18-19-31(29)42-2)30(20-25-13-6-4-7-14-25)33(39)35-28-16-8-5-9-17-28/h4,6-7,10-15,18-19,21,28,30H,5,8-9,16-17,20,22-23H2,1-3H3,(H,35,39)/t30-/m0/s1. The minimum atomic E-state index is -3.96. The molecule has 230 valence electrons. The van der Waals surface area contributed by atoms with Gasteiger partial charge in [0.05, 0.1) is 19.1 Å². The van der Waals surface area contributed by atoms with Gasteiger partial charge in [-0.1, -0.05) is 85.5 Å². The Morgan fingerprint density at radius 3 is 2.33 bits per heavy atom. The predicted molar refractivity (Wildman–Crippen MR) is 171 cm³/mol. The van der Waals surface area contributed by atoms with Crippen molar-refractivity contribution >= 4 is 39.1 Å². The number of rotatable bonds is 12. The fraction of sp³-hybridized carbons (Fsp3) is 0.394. The maximum absolute atomic E-state index is 14.4. The van der Waals surface area contributed by atoms with Crippen LogP contribution in [0.25, 0.3) is 0 Å². The summed E-state index contributed by atoms with van der Waals surface area (Å²) in [4.78, 5) is 29.9. The fourth-order valence-electron chi connectivity index (χ4n) is 5.52. The number of ether oxygens (including phenoxy) is 1. The first-order chi connectivity index (χ1) is 20.6. The molecule has 0 aromatic heterocycles. The second-order valence-electron chi connectivity index (χ2n) is 11.1. The SMILES string of the molecule is COc1ccc(Cl)cc1N(CC(=O)N(Cc1ccccc1C)[C@@H](Cc1ccccc1)C(=O)NC1CCCCC1)S(C)(=O)=O. The summed E-state index contributed by atoms with van der Waals surface area (Å²) in [7, 11) is -2.54. The minimum absolute atomic E-state index is 0.0400. The van der Waals surface area contributed by atoms with Gasteiger partial charge in [-0.05, 0) is 54.7 Å². The Morgan fingerprint density at radius 2 is 1.67 bits per heavy atom. The van der Waals surface area contributed by atoms with Gasteiger partial charge in [-0.3, -0.25) is 13.9 Å². The van der Waals surface area contributed by atoms with E-state index in [9.17, 15) is 18.0 Å². The number of sulfonamides is 1. The summed E-state index contributed by atoms with van der Waals surface area (Å²) < 4.78 is 32.6. The molecule has 1 saturated carbocycles. The first-order valence-electron chi connectivity index (χ1n) is 14.6. The molecule has 10 heteroatoms. The zero-order valence-corrected chi connectivity index (χ0v) is 26.5. The Hall–Kier alpha value is -3.56. The van der Waals surface area contributed by atoms with Gasteiger partial charge in [0.15, 0.2) is 0 Å². The highest BCUT2D eigenvalue weighted by Crippen LogP contribution is 2.33. The molecule has 2 amide bonds. The lowest BCUT2D eigenvalue weighted by molar-refractivity contribution is -0.140. The molecule has 1 aliphatic carbocycles. The number of aryl methyl sites for hydroxylation is 1. The van der Waals surface area contributed by atoms with E-state index in [0.29, 0.717) is 5.02 Å². The number of benzene rings is 3. The van der Waals surface area contributed by atoms with Crippen molar-refractivity contribution < 1.29 is 22.7 Å². The van der Waals surface area contributed by atoms with Gasteiger partial charge in [0, 0.05) is 24.0 Å². The van der Waals surface area contributed by atoms with Crippen LogP contribution >= 0.6 is 11.6 Å². The maximum atomic E-state index is 14.4. The molecule has 1 fully saturated rings. The van der Waals surface area contributed by atoms with E-state index in [2.05, 4.69) is 5.32 Å². The molecule has 0 unspecified atom stereocenters. The number of hydrogen-bond donors (Lipinski definition) is 1. The van der Waals surface area contributed by atoms with Crippen molar-refractivity contribution in [2.45, 2.75) is 64.1 Å². The van der Waals surface area contributed by atoms with Crippen LogP contribution in [0.3, 0.4) is 0 Å². The number of anilines is 1. The van der Waals surface area contributed by atoms with Crippen LogP contribution in [0.2, 0.25) is 5.02 Å². The molecule has 0 bridgehead atoms. The van der Waals surface area contributed by atoms with Crippen molar-refractivity contribution in [3.8, 4) is 5.75 Å². The van der Waals surface area contributed by atoms with E-state index in [1.807, 2.05) is 61.5 Å². The third-order valence-electron chi connectivity index (χ3n) is 7.91. The Balaban J connectivity index is 1.76. The maximum Gasteiger partial charge on any atom is 0.244 e. The molecule has 0 spiro atoms. The van der Waals surface area contributed by atoms with Gasteiger partial charge in [0.25, 0.3) is 0 Å². The normalized spacial score (nSPS) is 14.5. The number of nitrogens with zero attached hydrogens (tertiary/aromatic N) is 2. The molecular weight excluding hydrogens is 586 g/mol. The van der Waals surface area contributed by atoms with Gasteiger partial charge >= 0.3 is 0 Å².